The average Bonchev–Trinajstić information content (AvgIpc) is 3.60. The van der Waals surface area contributed by atoms with Crippen molar-refractivity contribution in [2.45, 2.75) is 26.3 Å². The Labute approximate surface area is 200 Å². The Morgan fingerprint density at radius 1 is 1.15 bits per heavy atom. The summed E-state index contributed by atoms with van der Waals surface area (Å²) in [5.74, 6) is 1.95. The van der Waals surface area contributed by atoms with E-state index in [0.717, 1.165) is 60.7 Å². The van der Waals surface area contributed by atoms with Crippen molar-refractivity contribution in [3.05, 3.63) is 65.2 Å². The van der Waals surface area contributed by atoms with Gasteiger partial charge in [-0.05, 0) is 49.9 Å². The van der Waals surface area contributed by atoms with Crippen molar-refractivity contribution in [1.29, 1.82) is 0 Å². The van der Waals surface area contributed by atoms with Gasteiger partial charge in [-0.3, -0.25) is 4.79 Å². The lowest BCUT2D eigenvalue weighted by atomic mass is 10.0. The van der Waals surface area contributed by atoms with E-state index in [-0.39, 0.29) is 5.91 Å². The Kier molecular flexibility index (Phi) is 6.54. The SMILES string of the molecule is COc1cccc(C(=O)N(Cc2c(-c3cccc(C)c3)noc2N2CCOCC2)CC2CC2)c1. The number of aromatic nitrogens is 1. The summed E-state index contributed by atoms with van der Waals surface area (Å²) in [7, 11) is 1.62. The van der Waals surface area contributed by atoms with Crippen molar-refractivity contribution in [2.24, 2.45) is 5.92 Å². The van der Waals surface area contributed by atoms with E-state index in [1.807, 2.05) is 35.2 Å². The van der Waals surface area contributed by atoms with Crippen molar-refractivity contribution in [1.82, 2.24) is 10.1 Å². The van der Waals surface area contributed by atoms with E-state index in [1.54, 1.807) is 13.2 Å². The number of methoxy groups -OCH3 is 1. The number of amides is 1. The fourth-order valence-corrected chi connectivity index (χ4v) is 4.44. The molecule has 0 spiro atoms. The molecule has 3 aromatic rings. The first kappa shape index (κ1) is 22.5. The van der Waals surface area contributed by atoms with Crippen LogP contribution in [0.4, 0.5) is 5.88 Å². The van der Waals surface area contributed by atoms with Gasteiger partial charge in [0.2, 0.25) is 5.88 Å². The number of morpholine rings is 1. The van der Waals surface area contributed by atoms with Crippen LogP contribution in [0.1, 0.15) is 34.3 Å². The number of carbonyl (C=O) groups is 1. The highest BCUT2D eigenvalue weighted by Gasteiger charge is 2.31. The quantitative estimate of drug-likeness (QED) is 0.490. The van der Waals surface area contributed by atoms with E-state index in [2.05, 4.69) is 29.1 Å². The Morgan fingerprint density at radius 2 is 1.94 bits per heavy atom. The first-order chi connectivity index (χ1) is 16.6. The molecule has 0 N–H and O–H groups in total. The van der Waals surface area contributed by atoms with Crippen LogP contribution >= 0.6 is 0 Å². The standard InChI is InChI=1S/C27H31N3O4/c1-19-5-3-6-21(15-19)25-24(27(34-28-25)29-11-13-33-14-12-29)18-30(17-20-9-10-20)26(31)22-7-4-8-23(16-22)32-2/h3-8,15-16,20H,9-14,17-18H2,1-2H3. The van der Waals surface area contributed by atoms with Crippen molar-refractivity contribution in [2.75, 3.05) is 44.9 Å². The summed E-state index contributed by atoms with van der Waals surface area (Å²) < 4.78 is 16.8. The molecule has 1 saturated heterocycles. The van der Waals surface area contributed by atoms with Gasteiger partial charge in [-0.2, -0.15) is 0 Å². The summed E-state index contributed by atoms with van der Waals surface area (Å²) in [6.45, 7) is 5.99. The zero-order valence-corrected chi connectivity index (χ0v) is 19.8. The average molecular weight is 462 g/mol. The lowest BCUT2D eigenvalue weighted by molar-refractivity contribution is 0.0734. The van der Waals surface area contributed by atoms with Crippen LogP contribution in [0.15, 0.2) is 53.1 Å². The topological polar surface area (TPSA) is 68.0 Å². The zero-order chi connectivity index (χ0) is 23.5. The van der Waals surface area contributed by atoms with E-state index >= 15 is 0 Å². The molecule has 1 amide bonds. The lowest BCUT2D eigenvalue weighted by Gasteiger charge is -2.28. The van der Waals surface area contributed by atoms with Crippen LogP contribution < -0.4 is 9.64 Å². The van der Waals surface area contributed by atoms with Gasteiger partial charge in [-0.15, -0.1) is 0 Å². The molecule has 1 saturated carbocycles. The second-order valence-electron chi connectivity index (χ2n) is 9.14. The molecule has 0 radical (unpaired) electrons. The maximum atomic E-state index is 13.7. The summed E-state index contributed by atoms with van der Waals surface area (Å²) in [6, 6.07) is 15.6. The number of anilines is 1. The predicted molar refractivity (Wildman–Crippen MR) is 130 cm³/mol. The molecule has 0 unspecified atom stereocenters. The van der Waals surface area contributed by atoms with Crippen molar-refractivity contribution in [3.8, 4) is 17.0 Å². The molecule has 5 rings (SSSR count). The van der Waals surface area contributed by atoms with Crippen LogP contribution in [0.25, 0.3) is 11.3 Å². The first-order valence-electron chi connectivity index (χ1n) is 11.9. The molecule has 1 aromatic heterocycles. The van der Waals surface area contributed by atoms with Gasteiger partial charge in [0.15, 0.2) is 0 Å². The summed E-state index contributed by atoms with van der Waals surface area (Å²) in [6.07, 6.45) is 2.32. The van der Waals surface area contributed by atoms with Crippen LogP contribution in [0.3, 0.4) is 0 Å². The Bertz CT molecular complexity index is 1150. The molecule has 2 fully saturated rings. The minimum atomic E-state index is -0.00452. The summed E-state index contributed by atoms with van der Waals surface area (Å²) in [5, 5.41) is 4.49. The van der Waals surface area contributed by atoms with Crippen LogP contribution in [0, 0.1) is 12.8 Å². The zero-order valence-electron chi connectivity index (χ0n) is 19.8. The smallest absolute Gasteiger partial charge is 0.254 e. The van der Waals surface area contributed by atoms with Gasteiger partial charge in [0.05, 0.1) is 32.4 Å². The predicted octanol–water partition coefficient (Wildman–Crippen LogP) is 4.55. The second kappa shape index (κ2) is 9.89. The molecule has 178 valence electrons. The van der Waals surface area contributed by atoms with E-state index in [9.17, 15) is 4.79 Å². The molecule has 7 nitrogen and oxygen atoms in total. The van der Waals surface area contributed by atoms with Crippen molar-refractivity contribution < 1.29 is 18.8 Å². The molecule has 2 heterocycles. The van der Waals surface area contributed by atoms with E-state index in [0.29, 0.717) is 37.0 Å². The molecule has 2 aliphatic rings. The number of hydrogen-bond acceptors (Lipinski definition) is 6. The van der Waals surface area contributed by atoms with Crippen LogP contribution in [-0.4, -0.2) is 55.9 Å². The Morgan fingerprint density at radius 3 is 2.68 bits per heavy atom. The molecule has 7 heteroatoms. The fourth-order valence-electron chi connectivity index (χ4n) is 4.44. The van der Waals surface area contributed by atoms with Gasteiger partial charge in [0.1, 0.15) is 11.4 Å². The molecule has 1 aliphatic heterocycles. The molecule has 2 aromatic carbocycles. The van der Waals surface area contributed by atoms with Crippen molar-refractivity contribution >= 4 is 11.8 Å². The summed E-state index contributed by atoms with van der Waals surface area (Å²) in [4.78, 5) is 17.8. The number of nitrogens with zero attached hydrogens (tertiary/aromatic N) is 3. The highest BCUT2D eigenvalue weighted by molar-refractivity contribution is 5.94. The number of rotatable bonds is 8. The number of benzene rings is 2. The minimum absolute atomic E-state index is 0.00452. The van der Waals surface area contributed by atoms with Crippen LogP contribution in [-0.2, 0) is 11.3 Å². The number of carbonyl (C=O) groups excluding carboxylic acids is 1. The van der Waals surface area contributed by atoms with Gasteiger partial charge < -0.3 is 23.8 Å². The van der Waals surface area contributed by atoms with E-state index in [4.69, 9.17) is 14.0 Å². The summed E-state index contributed by atoms with van der Waals surface area (Å²) in [5.41, 5.74) is 4.52. The van der Waals surface area contributed by atoms with Gasteiger partial charge in [0, 0.05) is 30.8 Å². The van der Waals surface area contributed by atoms with E-state index < -0.39 is 0 Å². The third-order valence-electron chi connectivity index (χ3n) is 6.49. The van der Waals surface area contributed by atoms with Gasteiger partial charge >= 0.3 is 0 Å². The summed E-state index contributed by atoms with van der Waals surface area (Å²) >= 11 is 0. The number of ether oxygens (including phenoxy) is 2. The number of aryl methyl sites for hydroxylation is 1. The highest BCUT2D eigenvalue weighted by atomic mass is 16.5. The molecular formula is C27H31N3O4. The molecule has 0 bridgehead atoms. The van der Waals surface area contributed by atoms with E-state index in [1.165, 1.54) is 0 Å². The van der Waals surface area contributed by atoms with Gasteiger partial charge in [-0.1, -0.05) is 35.0 Å². The van der Waals surface area contributed by atoms with Gasteiger partial charge in [-0.25, -0.2) is 0 Å². The monoisotopic (exact) mass is 461 g/mol. The first-order valence-corrected chi connectivity index (χ1v) is 11.9. The number of hydrogen-bond donors (Lipinski definition) is 0. The third-order valence-corrected chi connectivity index (χ3v) is 6.49. The third kappa shape index (κ3) is 4.94. The normalized spacial score (nSPS) is 15.9. The largest absolute Gasteiger partial charge is 0.497 e. The fraction of sp³-hybridized carbons (Fsp3) is 0.407. The molecule has 1 aliphatic carbocycles. The lowest BCUT2D eigenvalue weighted by Crippen LogP contribution is -2.37. The minimum Gasteiger partial charge on any atom is -0.497 e. The van der Waals surface area contributed by atoms with Gasteiger partial charge in [0.25, 0.3) is 5.91 Å². The Hall–Kier alpha value is -3.32. The second-order valence-corrected chi connectivity index (χ2v) is 9.14. The highest BCUT2D eigenvalue weighted by Crippen LogP contribution is 2.36. The van der Waals surface area contributed by atoms with Crippen molar-refractivity contribution in [3.63, 3.8) is 0 Å². The maximum Gasteiger partial charge on any atom is 0.254 e. The maximum absolute atomic E-state index is 13.7. The van der Waals surface area contributed by atoms with Crippen LogP contribution in [0.5, 0.6) is 5.75 Å². The molecular weight excluding hydrogens is 430 g/mol. The Balaban J connectivity index is 1.52. The van der Waals surface area contributed by atoms with Crippen LogP contribution in [0.2, 0.25) is 0 Å². The molecule has 0 atom stereocenters. The molecule has 34 heavy (non-hydrogen) atoms.